The Bertz CT molecular complexity index is 1160. The van der Waals surface area contributed by atoms with Gasteiger partial charge in [-0.3, -0.25) is 0 Å². The third-order valence-corrected chi connectivity index (χ3v) is 7.40. The molecule has 0 saturated heterocycles. The molecule has 0 fully saturated rings. The van der Waals surface area contributed by atoms with Crippen molar-refractivity contribution in [3.8, 4) is 5.75 Å². The van der Waals surface area contributed by atoms with Crippen LogP contribution in [0.3, 0.4) is 0 Å². The van der Waals surface area contributed by atoms with Crippen LogP contribution in [0.2, 0.25) is 0 Å². The molecule has 4 atom stereocenters. The van der Waals surface area contributed by atoms with Crippen molar-refractivity contribution in [3.05, 3.63) is 66.8 Å². The van der Waals surface area contributed by atoms with Gasteiger partial charge in [0.25, 0.3) is 0 Å². The number of ether oxygens (including phenoxy) is 2. The fourth-order valence-electron chi connectivity index (χ4n) is 3.87. The highest BCUT2D eigenvalue weighted by Gasteiger charge is 2.90. The van der Waals surface area contributed by atoms with Gasteiger partial charge in [-0.1, -0.05) is 63.3 Å². The largest absolute Gasteiger partial charge is 0.494 e. The molecule has 270 valence electrons. The second kappa shape index (κ2) is 16.6. The summed E-state index contributed by atoms with van der Waals surface area (Å²) >= 11 is 0. The highest BCUT2D eigenvalue weighted by molar-refractivity contribution is 5.27. The number of halogens is 13. The van der Waals surface area contributed by atoms with Gasteiger partial charge in [0.05, 0.1) is 19.3 Å². The lowest BCUT2D eigenvalue weighted by atomic mass is 9.92. The molecule has 0 aliphatic carbocycles. The van der Waals surface area contributed by atoms with Gasteiger partial charge in [-0.05, 0) is 61.6 Å². The van der Waals surface area contributed by atoms with Crippen LogP contribution < -0.4 is 4.74 Å². The van der Waals surface area contributed by atoms with Gasteiger partial charge >= 0.3 is 35.8 Å². The van der Waals surface area contributed by atoms with Crippen LogP contribution in [0.5, 0.6) is 5.75 Å². The normalized spacial score (nSPS) is 16.8. The summed E-state index contributed by atoms with van der Waals surface area (Å²) in [5.41, 5.74) is 0.665. The summed E-state index contributed by atoms with van der Waals surface area (Å²) in [7, 11) is 0. The molecule has 0 bridgehead atoms. The van der Waals surface area contributed by atoms with Crippen molar-refractivity contribution in [3.63, 3.8) is 0 Å². The summed E-state index contributed by atoms with van der Waals surface area (Å²) < 4.78 is 183. The molecular formula is C32H39F13O2. The molecule has 0 N–H and O–H groups in total. The molecule has 0 unspecified atom stereocenters. The van der Waals surface area contributed by atoms with Gasteiger partial charge in [0.15, 0.2) is 0 Å². The standard InChI is InChI=1S/C32H39F13O2/c1-6-21(2)10-7-11-22(3)12-8-13-23(4)24(5)47-20-25-14-16-26(17-15-25)46-19-9-18-27(33,34)28(35,36)29(37,38)30(39,40)31(41,42)32(43,44)45/h6-8,11,13-17,21-24H,1,9-10,12,18-20H2,2-5H3/b11-7+,13-8+/t21-,22-,23-,24+/m1/s1. The minimum absolute atomic E-state index is 0.0111. The molecule has 1 aromatic rings. The van der Waals surface area contributed by atoms with Gasteiger partial charge in [-0.25, -0.2) is 0 Å². The van der Waals surface area contributed by atoms with Crippen molar-refractivity contribution in [2.75, 3.05) is 6.61 Å². The molecule has 0 radical (unpaired) electrons. The third-order valence-electron chi connectivity index (χ3n) is 7.40. The maximum absolute atomic E-state index is 13.9. The van der Waals surface area contributed by atoms with E-state index in [1.54, 1.807) is 0 Å². The highest BCUT2D eigenvalue weighted by Crippen LogP contribution is 2.60. The Morgan fingerprint density at radius 1 is 0.681 bits per heavy atom. The Morgan fingerprint density at radius 3 is 1.72 bits per heavy atom. The van der Waals surface area contributed by atoms with E-state index < -0.39 is 55.2 Å². The molecule has 0 heterocycles. The van der Waals surface area contributed by atoms with Crippen LogP contribution in [0.4, 0.5) is 57.1 Å². The summed E-state index contributed by atoms with van der Waals surface area (Å²) in [5, 5.41) is 0. The first-order chi connectivity index (χ1) is 21.4. The molecule has 0 saturated carbocycles. The maximum Gasteiger partial charge on any atom is 0.460 e. The van der Waals surface area contributed by atoms with Crippen LogP contribution in [-0.2, 0) is 11.3 Å². The molecule has 0 amide bonds. The zero-order valence-corrected chi connectivity index (χ0v) is 26.2. The molecule has 0 aliphatic rings. The molecule has 47 heavy (non-hydrogen) atoms. The van der Waals surface area contributed by atoms with Gasteiger partial charge in [0, 0.05) is 6.42 Å². The summed E-state index contributed by atoms with van der Waals surface area (Å²) in [6, 6.07) is 5.74. The highest BCUT2D eigenvalue weighted by atomic mass is 19.4. The Hall–Kier alpha value is -2.71. The predicted octanol–water partition coefficient (Wildman–Crippen LogP) is 11.5. The minimum Gasteiger partial charge on any atom is -0.494 e. The monoisotopic (exact) mass is 702 g/mol. The zero-order chi connectivity index (χ0) is 36.5. The second-order valence-electron chi connectivity index (χ2n) is 11.5. The summed E-state index contributed by atoms with van der Waals surface area (Å²) in [6.45, 7) is 11.1. The topological polar surface area (TPSA) is 18.5 Å². The summed E-state index contributed by atoms with van der Waals surface area (Å²) in [5.74, 6) is -36.0. The van der Waals surface area contributed by atoms with Crippen LogP contribution in [0.25, 0.3) is 0 Å². The SMILES string of the molecule is C=C[C@@H](C)C/C=C/[C@@H](C)C/C=C/[C@@H](C)[C@H](C)OCc1ccc(OCCCC(F)(F)C(F)(F)C(F)(F)C(F)(F)C(F)(F)C(F)(F)F)cc1. The average molecular weight is 703 g/mol. The number of hydrogen-bond donors (Lipinski definition) is 0. The summed E-state index contributed by atoms with van der Waals surface area (Å²) in [4.78, 5) is 0. The van der Waals surface area contributed by atoms with Crippen LogP contribution in [-0.4, -0.2) is 48.5 Å². The number of hydrogen-bond acceptors (Lipinski definition) is 2. The Balaban J connectivity index is 2.63. The summed E-state index contributed by atoms with van der Waals surface area (Å²) in [6.07, 6.45) is 0.982. The molecule has 1 rings (SSSR count). The minimum atomic E-state index is -7.90. The zero-order valence-electron chi connectivity index (χ0n) is 26.2. The van der Waals surface area contributed by atoms with Crippen molar-refractivity contribution in [1.29, 1.82) is 0 Å². The number of benzene rings is 1. The molecule has 0 spiro atoms. The van der Waals surface area contributed by atoms with E-state index in [1.165, 1.54) is 24.3 Å². The first kappa shape index (κ1) is 42.3. The van der Waals surface area contributed by atoms with Gasteiger partial charge in [0.2, 0.25) is 0 Å². The van der Waals surface area contributed by atoms with E-state index in [9.17, 15) is 57.1 Å². The third kappa shape index (κ3) is 10.6. The maximum atomic E-state index is 13.9. The molecule has 1 aromatic carbocycles. The molecule has 15 heteroatoms. The fraction of sp³-hybridized carbons (Fsp3) is 0.625. The molecule has 0 aromatic heterocycles. The van der Waals surface area contributed by atoms with Gasteiger partial charge in [-0.2, -0.15) is 57.1 Å². The van der Waals surface area contributed by atoms with Crippen LogP contribution >= 0.6 is 0 Å². The van der Waals surface area contributed by atoms with Crippen LogP contribution in [0, 0.1) is 17.8 Å². The van der Waals surface area contributed by atoms with E-state index in [1.807, 2.05) is 26.0 Å². The Labute approximate surface area is 265 Å². The first-order valence-corrected chi connectivity index (χ1v) is 14.6. The quantitative estimate of drug-likeness (QED) is 0.0765. The van der Waals surface area contributed by atoms with E-state index in [-0.39, 0.29) is 24.4 Å². The van der Waals surface area contributed by atoms with Gasteiger partial charge in [0.1, 0.15) is 5.75 Å². The lowest BCUT2D eigenvalue weighted by Gasteiger charge is -2.39. The van der Waals surface area contributed by atoms with Gasteiger partial charge in [-0.15, -0.1) is 6.58 Å². The van der Waals surface area contributed by atoms with E-state index in [0.29, 0.717) is 17.4 Å². The second-order valence-corrected chi connectivity index (χ2v) is 11.5. The smallest absolute Gasteiger partial charge is 0.460 e. The predicted molar refractivity (Wildman–Crippen MR) is 151 cm³/mol. The Kier molecular flexibility index (Phi) is 14.9. The number of allylic oxidation sites excluding steroid dienone is 4. The van der Waals surface area contributed by atoms with E-state index in [0.717, 1.165) is 12.8 Å². The van der Waals surface area contributed by atoms with Crippen LogP contribution in [0.15, 0.2) is 61.2 Å². The Morgan fingerprint density at radius 2 is 1.19 bits per heavy atom. The molecular weight excluding hydrogens is 663 g/mol. The van der Waals surface area contributed by atoms with Crippen LogP contribution in [0.1, 0.15) is 58.9 Å². The van der Waals surface area contributed by atoms with Crippen molar-refractivity contribution in [2.45, 2.75) is 102 Å². The van der Waals surface area contributed by atoms with E-state index in [4.69, 9.17) is 9.47 Å². The number of alkyl halides is 13. The van der Waals surface area contributed by atoms with Gasteiger partial charge < -0.3 is 9.47 Å². The van der Waals surface area contributed by atoms with Crippen molar-refractivity contribution in [1.82, 2.24) is 0 Å². The average Bonchev–Trinajstić information content (AvgIpc) is 2.97. The van der Waals surface area contributed by atoms with E-state index >= 15 is 0 Å². The molecule has 0 aliphatic heterocycles. The lowest BCUT2D eigenvalue weighted by Crippen LogP contribution is -2.70. The van der Waals surface area contributed by atoms with Crippen molar-refractivity contribution in [2.24, 2.45) is 17.8 Å². The molecule has 2 nitrogen and oxygen atoms in total. The van der Waals surface area contributed by atoms with Crippen molar-refractivity contribution >= 4 is 0 Å². The van der Waals surface area contributed by atoms with E-state index in [2.05, 4.69) is 38.7 Å². The number of rotatable bonds is 20. The fourth-order valence-corrected chi connectivity index (χ4v) is 3.87. The first-order valence-electron chi connectivity index (χ1n) is 14.6. The lowest BCUT2D eigenvalue weighted by molar-refractivity contribution is -0.440. The van der Waals surface area contributed by atoms with Crippen molar-refractivity contribution < 1.29 is 66.5 Å².